The van der Waals surface area contributed by atoms with Crippen molar-refractivity contribution in [2.45, 2.75) is 125 Å². The number of carbonyl (C=O) groups is 5. The number of amides is 5. The monoisotopic (exact) mass is 932 g/mol. The van der Waals surface area contributed by atoms with E-state index in [0.29, 0.717) is 0 Å². The second-order valence-electron chi connectivity index (χ2n) is 15.5. The number of ether oxygens (including phenoxy) is 5. The Labute approximate surface area is 367 Å². The number of aliphatic hydroxyl groups is 8. The molecule has 15 atom stereocenters. The van der Waals surface area contributed by atoms with Crippen molar-refractivity contribution in [3.63, 3.8) is 0 Å². The number of fused-ring (bicyclic) bond motifs is 1. The van der Waals surface area contributed by atoms with E-state index < -0.39 is 153 Å². The summed E-state index contributed by atoms with van der Waals surface area (Å²) in [7, 11) is 0. The predicted octanol–water partition coefficient (Wildman–Crippen LogP) is -8.87. The number of rotatable bonds is 20. The van der Waals surface area contributed by atoms with Gasteiger partial charge in [-0.1, -0.05) is 0 Å². The summed E-state index contributed by atoms with van der Waals surface area (Å²) in [5, 5.41) is 93.9. The second kappa shape index (κ2) is 22.9. The summed E-state index contributed by atoms with van der Waals surface area (Å²) in [5.41, 5.74) is 4.86. The van der Waals surface area contributed by atoms with Gasteiger partial charge in [-0.3, -0.25) is 38.3 Å². The summed E-state index contributed by atoms with van der Waals surface area (Å²) >= 11 is 0. The molecule has 29 nitrogen and oxygen atoms in total. The van der Waals surface area contributed by atoms with Crippen LogP contribution in [-0.4, -0.2) is 215 Å². The molecule has 3 saturated heterocycles. The molecular formula is C36H56N10O19. The summed E-state index contributed by atoms with van der Waals surface area (Å²) in [5.74, 6) is -3.95. The number of nitrogens with zero attached hydrogens (tertiary/aromatic N) is 3. The summed E-state index contributed by atoms with van der Waals surface area (Å²) in [6.07, 6.45) is -17.1. The van der Waals surface area contributed by atoms with Crippen LogP contribution in [0.25, 0.3) is 11.2 Å². The Balaban J connectivity index is 1.11. The Hall–Kier alpha value is -5.02. The molecule has 0 aliphatic carbocycles. The van der Waals surface area contributed by atoms with Crippen LogP contribution in [0.3, 0.4) is 0 Å². The van der Waals surface area contributed by atoms with Gasteiger partial charge in [0.1, 0.15) is 80.2 Å². The van der Waals surface area contributed by atoms with Crippen LogP contribution in [0.5, 0.6) is 0 Å². The van der Waals surface area contributed by atoms with Crippen LogP contribution in [0.4, 0.5) is 5.95 Å². The number of nitrogens with one attached hydrogen (secondary N) is 6. The molecule has 29 heteroatoms. The Morgan fingerprint density at radius 1 is 0.831 bits per heavy atom. The third kappa shape index (κ3) is 12.9. The van der Waals surface area contributed by atoms with Crippen LogP contribution in [0.2, 0.25) is 0 Å². The molecule has 65 heavy (non-hydrogen) atoms. The normalized spacial score (nSPS) is 31.8. The number of anilines is 1. The van der Waals surface area contributed by atoms with Crippen molar-refractivity contribution in [3.8, 4) is 0 Å². The number of nitrogen functional groups attached to an aromatic ring is 1. The number of nitrogens with two attached hydrogens (primary N) is 1. The van der Waals surface area contributed by atoms with Crippen molar-refractivity contribution in [2.24, 2.45) is 0 Å². The second-order valence-corrected chi connectivity index (χ2v) is 15.5. The number of aliphatic hydroxyl groups excluding tert-OH is 8. The Bertz CT molecular complexity index is 2030. The molecule has 0 radical (unpaired) electrons. The fourth-order valence-corrected chi connectivity index (χ4v) is 7.16. The van der Waals surface area contributed by atoms with E-state index in [1.807, 2.05) is 0 Å². The number of aromatic amines is 1. The molecule has 2 aromatic heterocycles. The summed E-state index contributed by atoms with van der Waals surface area (Å²) < 4.78 is 28.5. The van der Waals surface area contributed by atoms with Gasteiger partial charge in [-0.25, -0.2) is 4.98 Å². The minimum atomic E-state index is -1.71. The van der Waals surface area contributed by atoms with Crippen molar-refractivity contribution < 1.29 is 88.5 Å². The summed E-state index contributed by atoms with van der Waals surface area (Å²) in [4.78, 5) is 85.8. The first-order valence-corrected chi connectivity index (χ1v) is 20.5. The van der Waals surface area contributed by atoms with Crippen molar-refractivity contribution in [1.29, 1.82) is 0 Å². The fraction of sp³-hybridized carbons (Fsp3) is 0.722. The van der Waals surface area contributed by atoms with Crippen LogP contribution < -0.4 is 37.9 Å². The molecule has 3 aliphatic heterocycles. The van der Waals surface area contributed by atoms with Crippen molar-refractivity contribution >= 4 is 46.6 Å². The van der Waals surface area contributed by atoms with Gasteiger partial charge in [0.25, 0.3) is 5.56 Å². The zero-order valence-electron chi connectivity index (χ0n) is 35.1. The SMILES string of the molecule is CC(=O)N[C@H]1[C@H](OCC(=O)NCCCC[C@H](NC(=O)CO[C@H]2O[C@@H](C)[C@@H](O)[C@@H](O)[C@@H]2O)C(=O)NCC(=O)NC[C@H]2O[C@@H](n3cnc4c(=O)[nH]c(N)nc43)[C@H](O)[C@@H]2O)O[C@H](CO)[C@@H](O)[C@@H]1O. The van der Waals surface area contributed by atoms with Gasteiger partial charge >= 0.3 is 0 Å². The maximum absolute atomic E-state index is 13.3. The Kier molecular flexibility index (Phi) is 18.0. The third-order valence-electron chi connectivity index (χ3n) is 10.7. The zero-order chi connectivity index (χ0) is 47.7. The van der Waals surface area contributed by atoms with Crippen LogP contribution >= 0.6 is 0 Å². The summed E-state index contributed by atoms with van der Waals surface area (Å²) in [6, 6.07) is -2.57. The highest BCUT2D eigenvalue weighted by atomic mass is 16.7. The third-order valence-corrected chi connectivity index (χ3v) is 10.7. The van der Waals surface area contributed by atoms with Crippen molar-refractivity contribution in [1.82, 2.24) is 46.1 Å². The van der Waals surface area contributed by atoms with E-state index in [1.165, 1.54) is 11.5 Å². The average molecular weight is 933 g/mol. The van der Waals surface area contributed by atoms with Crippen LogP contribution in [0.1, 0.15) is 39.3 Å². The first-order valence-electron chi connectivity index (χ1n) is 20.5. The molecule has 3 fully saturated rings. The van der Waals surface area contributed by atoms with E-state index >= 15 is 0 Å². The molecule has 5 heterocycles. The maximum Gasteiger partial charge on any atom is 0.280 e. The molecular weight excluding hydrogens is 876 g/mol. The van der Waals surface area contributed by atoms with E-state index in [9.17, 15) is 69.6 Å². The van der Waals surface area contributed by atoms with Crippen molar-refractivity contribution in [2.75, 3.05) is 45.2 Å². The summed E-state index contributed by atoms with van der Waals surface area (Å²) in [6.45, 7) is -0.471. The maximum atomic E-state index is 13.3. The van der Waals surface area contributed by atoms with Gasteiger partial charge in [0.2, 0.25) is 35.5 Å². The number of H-pyrrole nitrogens is 1. The van der Waals surface area contributed by atoms with Crippen LogP contribution in [0, 0.1) is 0 Å². The van der Waals surface area contributed by atoms with Gasteiger partial charge < -0.3 is 96.9 Å². The molecule has 364 valence electrons. The Morgan fingerprint density at radius 3 is 2.23 bits per heavy atom. The molecule has 5 amide bonds. The van der Waals surface area contributed by atoms with Crippen molar-refractivity contribution in [3.05, 3.63) is 16.7 Å². The van der Waals surface area contributed by atoms with Gasteiger partial charge in [0, 0.05) is 20.0 Å². The Morgan fingerprint density at radius 2 is 1.52 bits per heavy atom. The molecule has 0 bridgehead atoms. The number of hydrogen-bond acceptors (Lipinski definition) is 22. The lowest BCUT2D eigenvalue weighted by atomic mass is 9.97. The van der Waals surface area contributed by atoms with Gasteiger partial charge in [-0.2, -0.15) is 4.98 Å². The number of carbonyl (C=O) groups excluding carboxylic acids is 5. The van der Waals surface area contributed by atoms with Gasteiger partial charge in [0.15, 0.2) is 30.0 Å². The van der Waals surface area contributed by atoms with Gasteiger partial charge in [-0.05, 0) is 26.2 Å². The largest absolute Gasteiger partial charge is 0.394 e. The van der Waals surface area contributed by atoms with Gasteiger partial charge in [0.05, 0.1) is 25.6 Å². The van der Waals surface area contributed by atoms with E-state index in [0.717, 1.165) is 13.3 Å². The lowest BCUT2D eigenvalue weighted by Gasteiger charge is -2.42. The fourth-order valence-electron chi connectivity index (χ4n) is 7.16. The predicted molar refractivity (Wildman–Crippen MR) is 213 cm³/mol. The standard InChI is InChI=1S/C36H56N10O19/c1-13-23(52)27(56)29(58)35(63-13)62-11-20(51)43-15(5-3-4-6-38-19(50)10-61-34-21(42-14(2)48)26(55)25(54)17(9-47)65-34)31(59)40-8-18(49)39-7-16-24(53)28(57)33(64-16)46-12-41-22-30(46)44-36(37)45-32(22)60/h12-13,15-17,21,23-29,33-35,47,52-58H,3-11H2,1-2H3,(H,38,50)(H,39,49)(H,40,59)(H,42,48)(H,43,51)(H3,37,44,45,60)/t13-,15-,16+,17+,21+,23+,24+,25+,26+,27+,28+,29-,33+,34+,35-/m0/s1. The van der Waals surface area contributed by atoms with E-state index in [2.05, 4.69) is 41.5 Å². The highest BCUT2D eigenvalue weighted by Crippen LogP contribution is 2.31. The number of imidazole rings is 1. The highest BCUT2D eigenvalue weighted by Gasteiger charge is 2.47. The minimum Gasteiger partial charge on any atom is -0.394 e. The van der Waals surface area contributed by atoms with E-state index in [4.69, 9.17) is 29.4 Å². The number of hydrogen-bond donors (Lipinski definition) is 15. The topological polar surface area (TPSA) is 443 Å². The molecule has 0 aromatic carbocycles. The molecule has 0 unspecified atom stereocenters. The molecule has 3 aliphatic rings. The average Bonchev–Trinajstić information content (AvgIpc) is 3.81. The van der Waals surface area contributed by atoms with E-state index in [-0.39, 0.29) is 49.5 Å². The molecule has 16 N–H and O–H groups in total. The number of unbranched alkanes of at least 4 members (excludes halogenated alkanes) is 1. The molecule has 5 rings (SSSR count). The molecule has 0 saturated carbocycles. The smallest absolute Gasteiger partial charge is 0.280 e. The number of aromatic nitrogens is 4. The lowest BCUT2D eigenvalue weighted by Crippen LogP contribution is -2.64. The van der Waals surface area contributed by atoms with Crippen LogP contribution in [0.15, 0.2) is 11.1 Å². The lowest BCUT2D eigenvalue weighted by molar-refractivity contribution is -0.291. The van der Waals surface area contributed by atoms with Crippen LogP contribution in [-0.2, 0) is 47.7 Å². The minimum absolute atomic E-state index is 0.0295. The molecule has 2 aromatic rings. The molecule has 0 spiro atoms. The van der Waals surface area contributed by atoms with E-state index in [1.54, 1.807) is 0 Å². The quantitative estimate of drug-likeness (QED) is 0.0548. The first-order chi connectivity index (χ1) is 30.8. The first kappa shape index (κ1) is 51.0. The highest BCUT2D eigenvalue weighted by molar-refractivity contribution is 5.90. The van der Waals surface area contributed by atoms with Gasteiger partial charge in [-0.15, -0.1) is 0 Å². The zero-order valence-corrected chi connectivity index (χ0v) is 35.1.